The number of thioether (sulfide) groups is 1. The van der Waals surface area contributed by atoms with Crippen LogP contribution in [0.15, 0.2) is 46.2 Å². The van der Waals surface area contributed by atoms with Crippen LogP contribution < -0.4 is 5.32 Å². The number of hydrogen-bond donors (Lipinski definition) is 2. The van der Waals surface area contributed by atoms with E-state index in [1.54, 1.807) is 18.2 Å². The lowest BCUT2D eigenvalue weighted by molar-refractivity contribution is -0.139. The van der Waals surface area contributed by atoms with Crippen molar-refractivity contribution in [3.8, 4) is 0 Å². The molecule has 0 aromatic heterocycles. The zero-order valence-corrected chi connectivity index (χ0v) is 16.7. The Balaban J connectivity index is 1.72. The van der Waals surface area contributed by atoms with E-state index in [-0.39, 0.29) is 16.2 Å². The first kappa shape index (κ1) is 20.2. The molecule has 1 heterocycles. The molecule has 2 aromatic carbocycles. The molecule has 1 amide bonds. The van der Waals surface area contributed by atoms with Crippen molar-refractivity contribution in [2.24, 2.45) is 0 Å². The molecule has 9 heteroatoms. The lowest BCUT2D eigenvalue weighted by atomic mass is 10.1. The van der Waals surface area contributed by atoms with Gasteiger partial charge in [-0.05, 0) is 35.5 Å². The third kappa shape index (κ3) is 4.00. The number of carboxylic acids is 1. The van der Waals surface area contributed by atoms with E-state index in [1.165, 1.54) is 17.8 Å². The van der Waals surface area contributed by atoms with Crippen LogP contribution in [0.4, 0.5) is 4.79 Å². The Labute approximate surface area is 166 Å². The number of carboxylic acid groups (broad SMARTS) is 1. The monoisotopic (exact) mass is 421 g/mol. The number of carbonyl (C=O) groups excluding carboxylic acids is 1. The SMILES string of the molecule is CSCC[C@H](NC(=O)OCC1=Cc2ccc3ccccc3c2S1(=O)=O)C(=O)O. The van der Waals surface area contributed by atoms with Gasteiger partial charge in [0, 0.05) is 5.39 Å². The minimum absolute atomic E-state index is 0.0370. The van der Waals surface area contributed by atoms with Gasteiger partial charge in [-0.25, -0.2) is 18.0 Å². The van der Waals surface area contributed by atoms with Gasteiger partial charge < -0.3 is 15.2 Å². The van der Waals surface area contributed by atoms with Crippen LogP contribution in [0.25, 0.3) is 16.8 Å². The number of rotatable bonds is 7. The van der Waals surface area contributed by atoms with Gasteiger partial charge in [0.05, 0.1) is 9.80 Å². The van der Waals surface area contributed by atoms with E-state index in [9.17, 15) is 18.0 Å². The van der Waals surface area contributed by atoms with Crippen molar-refractivity contribution >= 4 is 50.5 Å². The maximum atomic E-state index is 12.9. The van der Waals surface area contributed by atoms with Crippen molar-refractivity contribution in [3.63, 3.8) is 0 Å². The molecule has 0 saturated heterocycles. The number of fused-ring (bicyclic) bond motifs is 3. The predicted octanol–water partition coefficient (Wildman–Crippen LogP) is 2.90. The summed E-state index contributed by atoms with van der Waals surface area (Å²) in [5.74, 6) is -0.614. The summed E-state index contributed by atoms with van der Waals surface area (Å²) in [6, 6.07) is 9.61. The van der Waals surface area contributed by atoms with E-state index in [2.05, 4.69) is 5.32 Å². The number of nitrogens with one attached hydrogen (secondary N) is 1. The molecular formula is C19H19NO6S2. The van der Waals surface area contributed by atoms with Crippen LogP contribution in [0.1, 0.15) is 12.0 Å². The normalized spacial score (nSPS) is 15.5. The van der Waals surface area contributed by atoms with Crippen molar-refractivity contribution < 1.29 is 27.9 Å². The molecule has 0 aliphatic carbocycles. The van der Waals surface area contributed by atoms with Crippen molar-refractivity contribution in [1.82, 2.24) is 5.32 Å². The standard InChI is InChI=1S/C19H19NO6S2/c1-27-9-8-16(18(21)22)20-19(23)26-11-14-10-13-7-6-12-4-2-3-5-15(12)17(13)28(14,24)25/h2-7,10,16H,8-9,11H2,1H3,(H,20,23)(H,21,22)/t16-/m0/s1. The summed E-state index contributed by atoms with van der Waals surface area (Å²) in [7, 11) is -3.79. The maximum Gasteiger partial charge on any atom is 0.408 e. The third-order valence-electron chi connectivity index (χ3n) is 4.39. The number of aliphatic carboxylic acids is 1. The van der Waals surface area contributed by atoms with Crippen LogP contribution in [-0.4, -0.2) is 50.2 Å². The van der Waals surface area contributed by atoms with Gasteiger partial charge in [-0.1, -0.05) is 36.4 Å². The molecule has 148 valence electrons. The van der Waals surface area contributed by atoms with E-state index in [4.69, 9.17) is 9.84 Å². The molecule has 28 heavy (non-hydrogen) atoms. The highest BCUT2D eigenvalue weighted by Crippen LogP contribution is 2.38. The molecule has 0 unspecified atom stereocenters. The molecule has 1 atom stereocenters. The fourth-order valence-corrected chi connectivity index (χ4v) is 5.13. The Morgan fingerprint density at radius 1 is 1.21 bits per heavy atom. The van der Waals surface area contributed by atoms with Gasteiger partial charge >= 0.3 is 12.1 Å². The number of hydrogen-bond acceptors (Lipinski definition) is 6. The van der Waals surface area contributed by atoms with Crippen molar-refractivity contribution in [2.75, 3.05) is 18.6 Å². The number of alkyl carbamates (subject to hydrolysis) is 1. The van der Waals surface area contributed by atoms with Crippen LogP contribution in [-0.2, 0) is 19.4 Å². The highest BCUT2D eigenvalue weighted by atomic mass is 32.2. The van der Waals surface area contributed by atoms with E-state index < -0.39 is 34.5 Å². The van der Waals surface area contributed by atoms with Crippen LogP contribution in [0.3, 0.4) is 0 Å². The van der Waals surface area contributed by atoms with Crippen LogP contribution in [0, 0.1) is 0 Å². The van der Waals surface area contributed by atoms with Gasteiger partial charge in [-0.15, -0.1) is 0 Å². The van der Waals surface area contributed by atoms with E-state index >= 15 is 0 Å². The van der Waals surface area contributed by atoms with E-state index in [0.717, 1.165) is 5.39 Å². The van der Waals surface area contributed by atoms with Crippen LogP contribution in [0.5, 0.6) is 0 Å². The second-order valence-electron chi connectivity index (χ2n) is 6.21. The molecule has 0 bridgehead atoms. The summed E-state index contributed by atoms with van der Waals surface area (Å²) < 4.78 is 30.8. The fraction of sp³-hybridized carbons (Fsp3) is 0.263. The molecule has 2 N–H and O–H groups in total. The van der Waals surface area contributed by atoms with Crippen molar-refractivity contribution in [2.45, 2.75) is 17.4 Å². The van der Waals surface area contributed by atoms with Gasteiger partial charge in [0.15, 0.2) is 0 Å². The lowest BCUT2D eigenvalue weighted by Gasteiger charge is -2.14. The predicted molar refractivity (Wildman–Crippen MR) is 108 cm³/mol. The Morgan fingerprint density at radius 2 is 1.96 bits per heavy atom. The first-order valence-corrected chi connectivity index (χ1v) is 11.3. The molecular weight excluding hydrogens is 402 g/mol. The van der Waals surface area contributed by atoms with Gasteiger partial charge in [0.1, 0.15) is 12.6 Å². The Bertz CT molecular complexity index is 1060. The van der Waals surface area contributed by atoms with Gasteiger partial charge in [0.2, 0.25) is 9.84 Å². The van der Waals surface area contributed by atoms with Crippen molar-refractivity contribution in [3.05, 3.63) is 46.9 Å². The molecule has 1 aliphatic rings. The fourth-order valence-electron chi connectivity index (χ4n) is 2.99. The number of sulfone groups is 1. The first-order chi connectivity index (χ1) is 13.3. The number of ether oxygens (including phenoxy) is 1. The largest absolute Gasteiger partial charge is 0.480 e. The smallest absolute Gasteiger partial charge is 0.408 e. The second kappa shape index (κ2) is 8.24. The summed E-state index contributed by atoms with van der Waals surface area (Å²) in [4.78, 5) is 23.3. The van der Waals surface area contributed by atoms with Crippen molar-refractivity contribution in [1.29, 1.82) is 0 Å². The second-order valence-corrected chi connectivity index (χ2v) is 9.14. The topological polar surface area (TPSA) is 110 Å². The zero-order valence-electron chi connectivity index (χ0n) is 15.0. The molecule has 2 aromatic rings. The highest BCUT2D eigenvalue weighted by Gasteiger charge is 2.32. The van der Waals surface area contributed by atoms with E-state index in [1.807, 2.05) is 24.5 Å². The summed E-state index contributed by atoms with van der Waals surface area (Å²) in [5.41, 5.74) is 0.543. The first-order valence-electron chi connectivity index (χ1n) is 8.47. The number of carbonyl (C=O) groups is 2. The van der Waals surface area contributed by atoms with Gasteiger partial charge in [0.25, 0.3) is 0 Å². The van der Waals surface area contributed by atoms with Gasteiger partial charge in [-0.3, -0.25) is 0 Å². The number of benzene rings is 2. The average molecular weight is 421 g/mol. The summed E-state index contributed by atoms with van der Waals surface area (Å²) in [6.07, 6.45) is 2.58. The summed E-state index contributed by atoms with van der Waals surface area (Å²) >= 11 is 1.46. The Morgan fingerprint density at radius 3 is 2.68 bits per heavy atom. The molecule has 3 rings (SSSR count). The van der Waals surface area contributed by atoms with E-state index in [0.29, 0.717) is 16.7 Å². The Hall–Kier alpha value is -2.52. The van der Waals surface area contributed by atoms with Crippen LogP contribution >= 0.6 is 11.8 Å². The molecule has 7 nitrogen and oxygen atoms in total. The summed E-state index contributed by atoms with van der Waals surface area (Å²) in [6.45, 7) is -0.466. The minimum Gasteiger partial charge on any atom is -0.480 e. The van der Waals surface area contributed by atoms with Crippen LogP contribution in [0.2, 0.25) is 0 Å². The zero-order chi connectivity index (χ0) is 20.3. The Kier molecular flexibility index (Phi) is 5.95. The highest BCUT2D eigenvalue weighted by molar-refractivity contribution is 7.98. The molecule has 1 aliphatic heterocycles. The average Bonchev–Trinajstić information content (AvgIpc) is 2.93. The molecule has 0 saturated carbocycles. The molecule has 0 radical (unpaired) electrons. The number of amides is 1. The quantitative estimate of drug-likeness (QED) is 0.707. The van der Waals surface area contributed by atoms with Gasteiger partial charge in [-0.2, -0.15) is 11.8 Å². The maximum absolute atomic E-state index is 12.9. The molecule has 0 spiro atoms. The lowest BCUT2D eigenvalue weighted by Crippen LogP contribution is -2.41. The summed E-state index contributed by atoms with van der Waals surface area (Å²) in [5, 5.41) is 12.8. The minimum atomic E-state index is -3.79. The third-order valence-corrected chi connectivity index (χ3v) is 6.95. The molecule has 0 fully saturated rings.